The van der Waals surface area contributed by atoms with Crippen molar-refractivity contribution < 1.29 is 17.9 Å². The highest BCUT2D eigenvalue weighted by atomic mass is 19.4. The maximum Gasteiger partial charge on any atom is 0.412 e. The van der Waals surface area contributed by atoms with E-state index in [4.69, 9.17) is 10.5 Å². The Morgan fingerprint density at radius 2 is 2.05 bits per heavy atom. The molecule has 0 aliphatic carbocycles. The first-order valence-corrected chi connectivity index (χ1v) is 6.78. The van der Waals surface area contributed by atoms with E-state index in [1.54, 1.807) is 7.11 Å². The Kier molecular flexibility index (Phi) is 4.46. The van der Waals surface area contributed by atoms with Gasteiger partial charge < -0.3 is 15.4 Å². The van der Waals surface area contributed by atoms with Crippen LogP contribution in [-0.2, 0) is 0 Å². The van der Waals surface area contributed by atoms with E-state index >= 15 is 0 Å². The summed E-state index contributed by atoms with van der Waals surface area (Å²) >= 11 is 0. The number of halogens is 3. The van der Waals surface area contributed by atoms with Crippen LogP contribution in [0.1, 0.15) is 24.9 Å². The van der Waals surface area contributed by atoms with Crippen LogP contribution < -0.4 is 15.4 Å². The van der Waals surface area contributed by atoms with Gasteiger partial charge in [0.15, 0.2) is 0 Å². The predicted molar refractivity (Wildman–Crippen MR) is 76.6 cm³/mol. The largest absolute Gasteiger partial charge is 0.496 e. The molecule has 1 aromatic rings. The normalized spacial score (nSPS) is 17.4. The summed E-state index contributed by atoms with van der Waals surface area (Å²) in [5, 5.41) is 0. The number of alkyl halides is 3. The van der Waals surface area contributed by atoms with Gasteiger partial charge in [0.25, 0.3) is 0 Å². The van der Waals surface area contributed by atoms with E-state index in [0.717, 1.165) is 11.3 Å². The molecular weight excluding hydrogens is 281 g/mol. The Morgan fingerprint density at radius 1 is 1.33 bits per heavy atom. The highest BCUT2D eigenvalue weighted by molar-refractivity contribution is 5.61. The molecule has 1 aliphatic heterocycles. The highest BCUT2D eigenvalue weighted by Crippen LogP contribution is 2.36. The molecule has 0 fully saturated rings. The average Bonchev–Trinajstić information content (AvgIpc) is 2.45. The lowest BCUT2D eigenvalue weighted by Gasteiger charge is -2.32. The third-order valence-corrected chi connectivity index (χ3v) is 3.63. The van der Waals surface area contributed by atoms with E-state index in [2.05, 4.69) is 0 Å². The lowest BCUT2D eigenvalue weighted by Crippen LogP contribution is -2.33. The van der Waals surface area contributed by atoms with Gasteiger partial charge in [-0.25, -0.2) is 0 Å². The van der Waals surface area contributed by atoms with Gasteiger partial charge in [0, 0.05) is 36.0 Å². The van der Waals surface area contributed by atoms with Crippen LogP contribution in [0.2, 0.25) is 0 Å². The number of anilines is 1. The molecule has 2 N–H and O–H groups in total. The summed E-state index contributed by atoms with van der Waals surface area (Å²) in [6.45, 7) is 2.38. The zero-order valence-electron chi connectivity index (χ0n) is 12.1. The van der Waals surface area contributed by atoms with Crippen molar-refractivity contribution >= 4 is 5.69 Å². The fourth-order valence-electron chi connectivity index (χ4n) is 2.59. The first-order valence-electron chi connectivity index (χ1n) is 6.78. The van der Waals surface area contributed by atoms with Crippen LogP contribution in [0.5, 0.6) is 5.75 Å². The molecule has 3 nitrogen and oxygen atoms in total. The maximum absolute atomic E-state index is 12.7. The van der Waals surface area contributed by atoms with Crippen LogP contribution in [0.15, 0.2) is 29.8 Å². The molecule has 0 spiro atoms. The number of rotatable bonds is 3. The number of hydrogen-bond acceptors (Lipinski definition) is 3. The second kappa shape index (κ2) is 5.97. The van der Waals surface area contributed by atoms with Gasteiger partial charge in [0.05, 0.1) is 7.11 Å². The molecule has 0 amide bonds. The summed E-state index contributed by atoms with van der Waals surface area (Å²) in [5.74, 6) is 0.660. The molecule has 0 saturated heterocycles. The van der Waals surface area contributed by atoms with Gasteiger partial charge in [-0.3, -0.25) is 0 Å². The second-order valence-electron chi connectivity index (χ2n) is 5.10. The Morgan fingerprint density at radius 3 is 2.52 bits per heavy atom. The molecule has 0 radical (unpaired) electrons. The Labute approximate surface area is 122 Å². The fraction of sp³-hybridized carbons (Fsp3) is 0.467. The van der Waals surface area contributed by atoms with Crippen molar-refractivity contribution in [3.05, 3.63) is 35.4 Å². The molecular formula is C15H19F3N2O. The fourth-order valence-corrected chi connectivity index (χ4v) is 2.59. The zero-order valence-corrected chi connectivity index (χ0v) is 12.1. The molecule has 2 rings (SSSR count). The Balaban J connectivity index is 2.31. The first kappa shape index (κ1) is 15.7. The minimum absolute atomic E-state index is 0.0148. The SMILES string of the molecule is COc1cccc(N2CC=C(C(F)(F)F)CC2)c1C(C)N. The molecule has 21 heavy (non-hydrogen) atoms. The monoisotopic (exact) mass is 300 g/mol. The van der Waals surface area contributed by atoms with Gasteiger partial charge in [0.1, 0.15) is 5.75 Å². The minimum Gasteiger partial charge on any atom is -0.496 e. The summed E-state index contributed by atoms with van der Waals surface area (Å²) in [4.78, 5) is 1.90. The van der Waals surface area contributed by atoms with Gasteiger partial charge in [-0.15, -0.1) is 0 Å². The molecule has 1 atom stereocenters. The molecule has 1 aliphatic rings. The molecule has 1 aromatic carbocycles. The molecule has 0 bridgehead atoms. The topological polar surface area (TPSA) is 38.5 Å². The van der Waals surface area contributed by atoms with Crippen LogP contribution in [-0.4, -0.2) is 26.4 Å². The van der Waals surface area contributed by atoms with Crippen LogP contribution in [0.3, 0.4) is 0 Å². The van der Waals surface area contributed by atoms with Crippen LogP contribution in [0.4, 0.5) is 18.9 Å². The number of ether oxygens (including phenoxy) is 1. The van der Waals surface area contributed by atoms with E-state index in [1.165, 1.54) is 6.08 Å². The van der Waals surface area contributed by atoms with Crippen molar-refractivity contribution in [3.8, 4) is 5.75 Å². The van der Waals surface area contributed by atoms with Crippen LogP contribution >= 0.6 is 0 Å². The molecule has 0 aromatic heterocycles. The summed E-state index contributed by atoms with van der Waals surface area (Å²) in [5.41, 5.74) is 7.20. The number of nitrogens with zero attached hydrogens (tertiary/aromatic N) is 1. The van der Waals surface area contributed by atoms with Crippen LogP contribution in [0, 0.1) is 0 Å². The summed E-state index contributed by atoms with van der Waals surface area (Å²) in [7, 11) is 1.56. The Hall–Kier alpha value is -1.69. The van der Waals surface area contributed by atoms with E-state index in [0.29, 0.717) is 12.3 Å². The van der Waals surface area contributed by atoms with Gasteiger partial charge in [0.2, 0.25) is 0 Å². The van der Waals surface area contributed by atoms with Crippen molar-refractivity contribution in [1.82, 2.24) is 0 Å². The standard InChI is InChI=1S/C15H19F3N2O/c1-10(19)14-12(4-3-5-13(14)21-2)20-8-6-11(7-9-20)15(16,17)18/h3-6,10H,7-9,19H2,1-2H3. The van der Waals surface area contributed by atoms with Gasteiger partial charge in [-0.1, -0.05) is 12.1 Å². The van der Waals surface area contributed by atoms with E-state index in [1.807, 2.05) is 30.0 Å². The number of nitrogens with two attached hydrogens (primary N) is 1. The van der Waals surface area contributed by atoms with E-state index < -0.39 is 11.7 Å². The predicted octanol–water partition coefficient (Wildman–Crippen LogP) is 3.41. The van der Waals surface area contributed by atoms with Crippen LogP contribution in [0.25, 0.3) is 0 Å². The number of methoxy groups -OCH3 is 1. The molecule has 116 valence electrons. The van der Waals surface area contributed by atoms with Gasteiger partial charge in [-0.2, -0.15) is 13.2 Å². The summed E-state index contributed by atoms with van der Waals surface area (Å²) < 4.78 is 43.3. The smallest absolute Gasteiger partial charge is 0.412 e. The third kappa shape index (κ3) is 3.32. The average molecular weight is 300 g/mol. The maximum atomic E-state index is 12.7. The minimum atomic E-state index is -4.23. The summed E-state index contributed by atoms with van der Waals surface area (Å²) in [6, 6.07) is 5.24. The van der Waals surface area contributed by atoms with Crippen molar-refractivity contribution in [1.29, 1.82) is 0 Å². The molecule has 1 heterocycles. The van der Waals surface area contributed by atoms with Gasteiger partial charge in [-0.05, 0) is 25.5 Å². The highest BCUT2D eigenvalue weighted by Gasteiger charge is 2.35. The van der Waals surface area contributed by atoms with Crippen molar-refractivity contribution in [2.75, 3.05) is 25.1 Å². The molecule has 1 unspecified atom stereocenters. The first-order chi connectivity index (χ1) is 9.84. The van der Waals surface area contributed by atoms with Crippen molar-refractivity contribution in [2.45, 2.75) is 25.6 Å². The molecule has 0 saturated carbocycles. The zero-order chi connectivity index (χ0) is 15.6. The van der Waals surface area contributed by atoms with Crippen molar-refractivity contribution in [2.24, 2.45) is 5.73 Å². The summed E-state index contributed by atoms with van der Waals surface area (Å²) in [6.07, 6.45) is -3.00. The van der Waals surface area contributed by atoms with E-state index in [9.17, 15) is 13.2 Å². The number of hydrogen-bond donors (Lipinski definition) is 1. The molecule has 6 heteroatoms. The Bertz CT molecular complexity index is 538. The van der Waals surface area contributed by atoms with Crippen molar-refractivity contribution in [3.63, 3.8) is 0 Å². The van der Waals surface area contributed by atoms with Gasteiger partial charge >= 0.3 is 6.18 Å². The quantitative estimate of drug-likeness (QED) is 0.869. The third-order valence-electron chi connectivity index (χ3n) is 3.63. The van der Waals surface area contributed by atoms with E-state index in [-0.39, 0.29) is 19.0 Å². The lowest BCUT2D eigenvalue weighted by atomic mass is 10.0. The number of benzene rings is 1. The second-order valence-corrected chi connectivity index (χ2v) is 5.10. The lowest BCUT2D eigenvalue weighted by molar-refractivity contribution is -0.0944.